The quantitative estimate of drug-likeness (QED) is 0.599. The Hall–Kier alpha value is -3.43. The number of nitrogens with one attached hydrogen (secondary N) is 2. The van der Waals surface area contributed by atoms with Gasteiger partial charge in [0.05, 0.1) is 11.3 Å². The van der Waals surface area contributed by atoms with Gasteiger partial charge in [0.25, 0.3) is 5.91 Å². The molecular weight excluding hydrogens is 397 g/mol. The van der Waals surface area contributed by atoms with Gasteiger partial charge < -0.3 is 10.6 Å². The van der Waals surface area contributed by atoms with E-state index in [9.17, 15) is 18.0 Å². The number of alkyl halides is 3. The summed E-state index contributed by atoms with van der Waals surface area (Å²) in [6.45, 7) is 6.24. The van der Waals surface area contributed by atoms with Crippen LogP contribution in [0.1, 0.15) is 33.1 Å². The first-order valence-corrected chi connectivity index (χ1v) is 9.22. The number of aryl methyl sites for hydroxylation is 3. The molecule has 0 fully saturated rings. The molecular formula is C20H21F3N6O. The largest absolute Gasteiger partial charge is 0.416 e. The van der Waals surface area contributed by atoms with Crippen molar-refractivity contribution in [1.82, 2.24) is 25.1 Å². The number of rotatable bonds is 6. The molecule has 1 aromatic carbocycles. The number of carbonyl (C=O) groups excluding carboxylic acids is 1. The molecule has 0 aliphatic heterocycles. The lowest BCUT2D eigenvalue weighted by Gasteiger charge is -2.11. The molecule has 0 atom stereocenters. The van der Waals surface area contributed by atoms with E-state index in [1.807, 2.05) is 19.9 Å². The first-order valence-electron chi connectivity index (χ1n) is 9.22. The lowest BCUT2D eigenvalue weighted by molar-refractivity contribution is -0.137. The van der Waals surface area contributed by atoms with Gasteiger partial charge in [0, 0.05) is 30.4 Å². The summed E-state index contributed by atoms with van der Waals surface area (Å²) < 4.78 is 39.5. The number of hydrogen-bond donors (Lipinski definition) is 2. The van der Waals surface area contributed by atoms with Crippen molar-refractivity contribution in [3.8, 4) is 5.82 Å². The van der Waals surface area contributed by atoms with Crippen LogP contribution in [0.3, 0.4) is 0 Å². The highest BCUT2D eigenvalue weighted by Gasteiger charge is 2.30. The van der Waals surface area contributed by atoms with E-state index in [2.05, 4.69) is 25.7 Å². The second-order valence-corrected chi connectivity index (χ2v) is 6.76. The number of aromatic nitrogens is 4. The first kappa shape index (κ1) is 21.3. The average Bonchev–Trinajstić information content (AvgIpc) is 3.02. The molecule has 0 saturated carbocycles. The molecule has 0 saturated heterocycles. The molecule has 1 amide bonds. The molecule has 2 heterocycles. The average molecular weight is 418 g/mol. The van der Waals surface area contributed by atoms with E-state index in [4.69, 9.17) is 0 Å². The van der Waals surface area contributed by atoms with Gasteiger partial charge in [-0.2, -0.15) is 18.3 Å². The maximum Gasteiger partial charge on any atom is 0.416 e. The van der Waals surface area contributed by atoms with Gasteiger partial charge in [0.1, 0.15) is 11.6 Å². The Kier molecular flexibility index (Phi) is 6.04. The minimum atomic E-state index is -4.43. The SMILES string of the molecule is Cc1cc(C)n(-c2cc(NCCNC(=O)c3ccc(C(F)(F)F)cc3)nc(C)n2)n1. The number of amides is 1. The van der Waals surface area contributed by atoms with E-state index in [0.717, 1.165) is 35.7 Å². The second-order valence-electron chi connectivity index (χ2n) is 6.76. The molecule has 158 valence electrons. The monoisotopic (exact) mass is 418 g/mol. The summed E-state index contributed by atoms with van der Waals surface area (Å²) >= 11 is 0. The maximum atomic E-state index is 12.6. The molecule has 0 aliphatic rings. The van der Waals surface area contributed by atoms with Crippen LogP contribution in [0.2, 0.25) is 0 Å². The van der Waals surface area contributed by atoms with Gasteiger partial charge in [-0.1, -0.05) is 0 Å². The Balaban J connectivity index is 1.56. The highest BCUT2D eigenvalue weighted by atomic mass is 19.4. The fourth-order valence-corrected chi connectivity index (χ4v) is 2.89. The van der Waals surface area contributed by atoms with Crippen molar-refractivity contribution in [3.63, 3.8) is 0 Å². The highest BCUT2D eigenvalue weighted by Crippen LogP contribution is 2.29. The molecule has 2 aromatic heterocycles. The van der Waals surface area contributed by atoms with Gasteiger partial charge in [-0.25, -0.2) is 14.6 Å². The molecule has 0 aliphatic carbocycles. The Morgan fingerprint density at radius 2 is 1.73 bits per heavy atom. The third-order valence-electron chi connectivity index (χ3n) is 4.24. The van der Waals surface area contributed by atoms with Crippen LogP contribution in [-0.4, -0.2) is 38.7 Å². The van der Waals surface area contributed by atoms with Gasteiger partial charge in [-0.05, 0) is 51.1 Å². The van der Waals surface area contributed by atoms with Crippen LogP contribution in [0.25, 0.3) is 5.82 Å². The number of nitrogens with zero attached hydrogens (tertiary/aromatic N) is 4. The van der Waals surface area contributed by atoms with Crippen molar-refractivity contribution in [2.75, 3.05) is 18.4 Å². The number of halogens is 3. The van der Waals surface area contributed by atoms with Crippen molar-refractivity contribution in [1.29, 1.82) is 0 Å². The summed E-state index contributed by atoms with van der Waals surface area (Å²) in [5.41, 5.74) is 1.19. The fourth-order valence-electron chi connectivity index (χ4n) is 2.89. The van der Waals surface area contributed by atoms with Crippen molar-refractivity contribution >= 4 is 11.7 Å². The van der Waals surface area contributed by atoms with Crippen molar-refractivity contribution in [2.45, 2.75) is 26.9 Å². The summed E-state index contributed by atoms with van der Waals surface area (Å²) in [5.74, 6) is 1.32. The Labute approximate surface area is 171 Å². The van der Waals surface area contributed by atoms with Crippen molar-refractivity contribution < 1.29 is 18.0 Å². The van der Waals surface area contributed by atoms with Crippen molar-refractivity contribution in [2.24, 2.45) is 0 Å². The van der Waals surface area contributed by atoms with E-state index in [1.165, 1.54) is 0 Å². The first-order chi connectivity index (χ1) is 14.1. The zero-order valence-corrected chi connectivity index (χ0v) is 16.7. The Morgan fingerprint density at radius 3 is 2.33 bits per heavy atom. The maximum absolute atomic E-state index is 12.6. The van der Waals surface area contributed by atoms with Gasteiger partial charge in [-0.3, -0.25) is 4.79 Å². The molecule has 2 N–H and O–H groups in total. The third-order valence-corrected chi connectivity index (χ3v) is 4.24. The topological polar surface area (TPSA) is 84.7 Å². The van der Waals surface area contributed by atoms with Crippen LogP contribution >= 0.6 is 0 Å². The molecule has 7 nitrogen and oxygen atoms in total. The Morgan fingerprint density at radius 1 is 1.03 bits per heavy atom. The van der Waals surface area contributed by atoms with Crippen LogP contribution in [0, 0.1) is 20.8 Å². The summed E-state index contributed by atoms with van der Waals surface area (Å²) in [6.07, 6.45) is -4.43. The second kappa shape index (κ2) is 8.52. The molecule has 0 bridgehead atoms. The Bertz CT molecular complexity index is 1040. The van der Waals surface area contributed by atoms with Gasteiger partial charge in [0.2, 0.25) is 0 Å². The lowest BCUT2D eigenvalue weighted by atomic mass is 10.1. The minimum absolute atomic E-state index is 0.160. The summed E-state index contributed by atoms with van der Waals surface area (Å²) in [5, 5.41) is 10.2. The van der Waals surface area contributed by atoms with E-state index in [1.54, 1.807) is 17.7 Å². The molecule has 30 heavy (non-hydrogen) atoms. The predicted octanol–water partition coefficient (Wildman–Crippen LogP) is 3.45. The molecule has 0 spiro atoms. The normalized spacial score (nSPS) is 11.4. The molecule has 0 radical (unpaired) electrons. The van der Waals surface area contributed by atoms with Crippen LogP contribution in [0.4, 0.5) is 19.0 Å². The minimum Gasteiger partial charge on any atom is -0.368 e. The van der Waals surface area contributed by atoms with E-state index >= 15 is 0 Å². The summed E-state index contributed by atoms with van der Waals surface area (Å²) in [4.78, 5) is 20.8. The molecule has 3 aromatic rings. The van der Waals surface area contributed by atoms with Gasteiger partial charge >= 0.3 is 6.18 Å². The fraction of sp³-hybridized carbons (Fsp3) is 0.300. The number of hydrogen-bond acceptors (Lipinski definition) is 5. The molecule has 0 unspecified atom stereocenters. The number of carbonyl (C=O) groups is 1. The summed E-state index contributed by atoms with van der Waals surface area (Å²) in [7, 11) is 0. The zero-order valence-electron chi connectivity index (χ0n) is 16.7. The zero-order chi connectivity index (χ0) is 21.9. The van der Waals surface area contributed by atoms with Crippen molar-refractivity contribution in [3.05, 3.63) is 64.7 Å². The third kappa shape index (κ3) is 5.13. The standard InChI is InChI=1S/C20H21F3N6O/c1-12-10-13(2)29(28-12)18-11-17(26-14(3)27-18)24-8-9-25-19(30)15-4-6-16(7-5-15)20(21,22)23/h4-7,10-11H,8-9H2,1-3H3,(H,25,30)(H,24,26,27). The van der Waals surface area contributed by atoms with Crippen LogP contribution in [0.15, 0.2) is 36.4 Å². The number of anilines is 1. The van der Waals surface area contributed by atoms with Crippen LogP contribution in [0.5, 0.6) is 0 Å². The van der Waals surface area contributed by atoms with E-state index in [-0.39, 0.29) is 12.1 Å². The van der Waals surface area contributed by atoms with Gasteiger partial charge in [-0.15, -0.1) is 0 Å². The van der Waals surface area contributed by atoms with Crippen LogP contribution in [-0.2, 0) is 6.18 Å². The van der Waals surface area contributed by atoms with Crippen LogP contribution < -0.4 is 10.6 Å². The highest BCUT2D eigenvalue weighted by molar-refractivity contribution is 5.94. The predicted molar refractivity (Wildman–Crippen MR) is 106 cm³/mol. The lowest BCUT2D eigenvalue weighted by Crippen LogP contribution is -2.29. The molecule has 10 heteroatoms. The molecule has 3 rings (SSSR count). The number of benzene rings is 1. The van der Waals surface area contributed by atoms with E-state index in [0.29, 0.717) is 24.0 Å². The van der Waals surface area contributed by atoms with Gasteiger partial charge in [0.15, 0.2) is 5.82 Å². The summed E-state index contributed by atoms with van der Waals surface area (Å²) in [6, 6.07) is 7.78. The van der Waals surface area contributed by atoms with E-state index < -0.39 is 17.6 Å². The smallest absolute Gasteiger partial charge is 0.368 e.